The van der Waals surface area contributed by atoms with Crippen molar-refractivity contribution in [1.29, 1.82) is 0 Å². The van der Waals surface area contributed by atoms with Crippen LogP contribution in [-0.2, 0) is 4.74 Å². The van der Waals surface area contributed by atoms with Crippen LogP contribution in [0.4, 0.5) is 14.5 Å². The fourth-order valence-electron chi connectivity index (χ4n) is 2.82. The molecule has 5 nitrogen and oxygen atoms in total. The van der Waals surface area contributed by atoms with E-state index in [4.69, 9.17) is 16.3 Å². The molecule has 2 aromatic rings. The second-order valence-electron chi connectivity index (χ2n) is 6.23. The third-order valence-electron chi connectivity index (χ3n) is 4.46. The van der Waals surface area contributed by atoms with Crippen molar-refractivity contribution in [1.82, 2.24) is 9.78 Å². The molecule has 25 heavy (non-hydrogen) atoms. The van der Waals surface area contributed by atoms with E-state index in [1.54, 1.807) is 0 Å². The van der Waals surface area contributed by atoms with Crippen LogP contribution in [-0.4, -0.2) is 35.1 Å². The third-order valence-corrected chi connectivity index (χ3v) is 4.82. The van der Waals surface area contributed by atoms with E-state index in [-0.39, 0.29) is 16.3 Å². The summed E-state index contributed by atoms with van der Waals surface area (Å²) in [4.78, 5) is 14.5. The van der Waals surface area contributed by atoms with E-state index < -0.39 is 17.2 Å². The molecule has 1 aromatic carbocycles. The minimum absolute atomic E-state index is 0.0564. The molecular formula is C17H18ClF2N3O2. The maximum absolute atomic E-state index is 13.9. The number of benzene rings is 1. The lowest BCUT2D eigenvalue weighted by molar-refractivity contribution is -0.0441. The van der Waals surface area contributed by atoms with Gasteiger partial charge in [0.25, 0.3) is 5.56 Å². The highest BCUT2D eigenvalue weighted by Crippen LogP contribution is 2.28. The van der Waals surface area contributed by atoms with Crippen LogP contribution in [0.3, 0.4) is 0 Å². The molecule has 0 N–H and O–H groups in total. The summed E-state index contributed by atoms with van der Waals surface area (Å²) >= 11 is 6.25. The number of rotatable bonds is 3. The lowest BCUT2D eigenvalue weighted by Gasteiger charge is -2.41. The van der Waals surface area contributed by atoms with Crippen molar-refractivity contribution in [3.63, 3.8) is 0 Å². The molecule has 0 amide bonds. The molecule has 0 spiro atoms. The predicted octanol–water partition coefficient (Wildman–Crippen LogP) is 3.17. The minimum Gasteiger partial charge on any atom is -0.372 e. The lowest BCUT2D eigenvalue weighted by Crippen LogP contribution is -2.50. The van der Waals surface area contributed by atoms with Gasteiger partial charge in [0.1, 0.15) is 16.5 Å². The smallest absolute Gasteiger partial charge is 0.292 e. The molecule has 0 aliphatic carbocycles. The fraction of sp³-hybridized carbons (Fsp3) is 0.412. The number of hydrogen-bond acceptors (Lipinski definition) is 4. The zero-order valence-electron chi connectivity index (χ0n) is 13.9. The minimum atomic E-state index is -0.886. The molecule has 0 bridgehead atoms. The van der Waals surface area contributed by atoms with E-state index in [2.05, 4.69) is 5.10 Å². The summed E-state index contributed by atoms with van der Waals surface area (Å²) in [7, 11) is 0. The molecule has 8 heteroatoms. The number of hydrogen-bond donors (Lipinski definition) is 0. The third kappa shape index (κ3) is 3.39. The summed E-state index contributed by atoms with van der Waals surface area (Å²) in [6.45, 7) is 5.68. The number of anilines is 1. The highest BCUT2D eigenvalue weighted by atomic mass is 35.5. The van der Waals surface area contributed by atoms with Crippen LogP contribution in [0.25, 0.3) is 5.69 Å². The summed E-state index contributed by atoms with van der Waals surface area (Å²) in [6.07, 6.45) is 2.24. The van der Waals surface area contributed by atoms with Gasteiger partial charge in [-0.15, -0.1) is 0 Å². The Morgan fingerprint density at radius 3 is 2.80 bits per heavy atom. The molecular weight excluding hydrogens is 352 g/mol. The largest absolute Gasteiger partial charge is 0.372 e. The Kier molecular flexibility index (Phi) is 4.79. The Balaban J connectivity index is 2.00. The first-order chi connectivity index (χ1) is 11.8. The molecule has 1 fully saturated rings. The molecule has 1 aromatic heterocycles. The molecule has 1 saturated heterocycles. The topological polar surface area (TPSA) is 47.4 Å². The number of halogens is 3. The first kappa shape index (κ1) is 17.8. The van der Waals surface area contributed by atoms with Crippen LogP contribution in [0.2, 0.25) is 5.02 Å². The van der Waals surface area contributed by atoms with E-state index in [1.807, 2.05) is 18.7 Å². The van der Waals surface area contributed by atoms with Crippen LogP contribution >= 0.6 is 11.6 Å². The Morgan fingerprint density at radius 2 is 2.12 bits per heavy atom. The maximum Gasteiger partial charge on any atom is 0.292 e. The van der Waals surface area contributed by atoms with E-state index in [0.717, 1.165) is 23.2 Å². The molecule has 0 radical (unpaired) electrons. The van der Waals surface area contributed by atoms with E-state index in [9.17, 15) is 13.6 Å². The summed E-state index contributed by atoms with van der Waals surface area (Å²) in [5.74, 6) is -1.62. The first-order valence-corrected chi connectivity index (χ1v) is 8.34. The number of morpholine rings is 1. The standard InChI is InChI=1S/C17H18ClF2N3O2/c1-3-17(2)10-22(6-7-25-17)14-9-21-23(16(24)15(14)18)13-5-4-11(19)8-12(13)20/h4-5,8-9H,3,6-7,10H2,1-2H3. The van der Waals surface area contributed by atoms with Gasteiger partial charge in [0.2, 0.25) is 0 Å². The van der Waals surface area contributed by atoms with Gasteiger partial charge < -0.3 is 9.64 Å². The van der Waals surface area contributed by atoms with Crippen molar-refractivity contribution in [3.05, 3.63) is 51.4 Å². The molecule has 2 heterocycles. The quantitative estimate of drug-likeness (QED) is 0.833. The molecule has 1 aliphatic heterocycles. The summed E-state index contributed by atoms with van der Waals surface area (Å²) in [5, 5.41) is 3.97. The van der Waals surface area contributed by atoms with Crippen molar-refractivity contribution >= 4 is 17.3 Å². The summed E-state index contributed by atoms with van der Waals surface area (Å²) < 4.78 is 33.6. The molecule has 1 atom stereocenters. The fourth-order valence-corrected chi connectivity index (χ4v) is 3.07. The van der Waals surface area contributed by atoms with Crippen LogP contribution in [0.5, 0.6) is 0 Å². The number of aromatic nitrogens is 2. The van der Waals surface area contributed by atoms with Crippen molar-refractivity contribution in [2.24, 2.45) is 0 Å². The summed E-state index contributed by atoms with van der Waals surface area (Å²) in [6, 6.07) is 2.90. The van der Waals surface area contributed by atoms with Gasteiger partial charge in [-0.25, -0.2) is 8.78 Å². The molecule has 0 saturated carbocycles. The zero-order chi connectivity index (χ0) is 18.2. The molecule has 1 unspecified atom stereocenters. The summed E-state index contributed by atoms with van der Waals surface area (Å²) in [5.41, 5.74) is -0.664. The van der Waals surface area contributed by atoms with Gasteiger partial charge >= 0.3 is 0 Å². The highest BCUT2D eigenvalue weighted by molar-refractivity contribution is 6.33. The van der Waals surface area contributed by atoms with E-state index >= 15 is 0 Å². The second-order valence-corrected chi connectivity index (χ2v) is 6.61. The Labute approximate surface area is 148 Å². The van der Waals surface area contributed by atoms with Crippen LogP contribution in [0.15, 0.2) is 29.2 Å². The highest BCUT2D eigenvalue weighted by Gasteiger charge is 2.32. The normalized spacial score (nSPS) is 20.8. The van der Waals surface area contributed by atoms with Crippen molar-refractivity contribution in [2.75, 3.05) is 24.6 Å². The zero-order valence-corrected chi connectivity index (χ0v) is 14.7. The molecule has 3 rings (SSSR count). The van der Waals surface area contributed by atoms with Crippen molar-refractivity contribution in [3.8, 4) is 5.69 Å². The van der Waals surface area contributed by atoms with Gasteiger partial charge in [0.05, 0.1) is 24.1 Å². The van der Waals surface area contributed by atoms with Gasteiger partial charge in [-0.05, 0) is 25.5 Å². The average Bonchev–Trinajstić information content (AvgIpc) is 2.58. The second kappa shape index (κ2) is 6.72. The Hall–Kier alpha value is -1.99. The lowest BCUT2D eigenvalue weighted by atomic mass is 10.0. The van der Waals surface area contributed by atoms with Gasteiger partial charge in [-0.3, -0.25) is 4.79 Å². The monoisotopic (exact) mass is 369 g/mol. The first-order valence-electron chi connectivity index (χ1n) is 7.97. The van der Waals surface area contributed by atoms with Gasteiger partial charge in [0, 0.05) is 19.2 Å². The predicted molar refractivity (Wildman–Crippen MR) is 91.6 cm³/mol. The maximum atomic E-state index is 13.9. The SMILES string of the molecule is CCC1(C)CN(c2cnn(-c3ccc(F)cc3F)c(=O)c2Cl)CCO1. The average molecular weight is 370 g/mol. The Morgan fingerprint density at radius 1 is 1.36 bits per heavy atom. The van der Waals surface area contributed by atoms with Crippen molar-refractivity contribution in [2.45, 2.75) is 25.9 Å². The number of ether oxygens (including phenoxy) is 1. The van der Waals surface area contributed by atoms with Gasteiger partial charge in [-0.1, -0.05) is 18.5 Å². The van der Waals surface area contributed by atoms with E-state index in [0.29, 0.717) is 31.5 Å². The van der Waals surface area contributed by atoms with E-state index in [1.165, 1.54) is 6.20 Å². The number of nitrogens with zero attached hydrogens (tertiary/aromatic N) is 3. The van der Waals surface area contributed by atoms with Crippen LogP contribution in [0, 0.1) is 11.6 Å². The van der Waals surface area contributed by atoms with Gasteiger partial charge in [-0.2, -0.15) is 9.78 Å². The van der Waals surface area contributed by atoms with Crippen molar-refractivity contribution < 1.29 is 13.5 Å². The Bertz CT molecular complexity index is 858. The molecule has 134 valence electrons. The van der Waals surface area contributed by atoms with Crippen LogP contribution < -0.4 is 10.5 Å². The molecule has 1 aliphatic rings. The van der Waals surface area contributed by atoms with Crippen LogP contribution in [0.1, 0.15) is 20.3 Å². The van der Waals surface area contributed by atoms with Gasteiger partial charge in [0.15, 0.2) is 5.82 Å².